The summed E-state index contributed by atoms with van der Waals surface area (Å²) in [5, 5.41) is 8.83. The van der Waals surface area contributed by atoms with E-state index in [1.54, 1.807) is 12.1 Å². The Bertz CT molecular complexity index is 617. The van der Waals surface area contributed by atoms with Crippen LogP contribution in [-0.4, -0.2) is 7.05 Å². The fourth-order valence-electron chi connectivity index (χ4n) is 1.78. The van der Waals surface area contributed by atoms with E-state index in [4.69, 9.17) is 11.0 Å². The summed E-state index contributed by atoms with van der Waals surface area (Å²) in [5.74, 6) is 0. The summed E-state index contributed by atoms with van der Waals surface area (Å²) >= 11 is 3.51. The Balaban J connectivity index is 2.44. The van der Waals surface area contributed by atoms with Crippen LogP contribution in [-0.2, 0) is 0 Å². The van der Waals surface area contributed by atoms with E-state index in [1.807, 2.05) is 42.3 Å². The van der Waals surface area contributed by atoms with Gasteiger partial charge in [0.05, 0.1) is 28.7 Å². The first-order chi connectivity index (χ1) is 8.63. The topological polar surface area (TPSA) is 53.0 Å². The van der Waals surface area contributed by atoms with Gasteiger partial charge in [-0.1, -0.05) is 12.1 Å². The Kier molecular flexibility index (Phi) is 3.54. The molecule has 0 saturated heterocycles. The number of rotatable bonds is 2. The molecule has 0 spiro atoms. The van der Waals surface area contributed by atoms with Crippen molar-refractivity contribution in [3.8, 4) is 6.07 Å². The number of hydrogen-bond acceptors (Lipinski definition) is 3. The van der Waals surface area contributed by atoms with Gasteiger partial charge in [-0.15, -0.1) is 0 Å². The summed E-state index contributed by atoms with van der Waals surface area (Å²) < 4.78 is 0.997. The average molecular weight is 302 g/mol. The standard InChI is InChI=1S/C14H12BrN3/c1-18(13-5-3-2-4-11(13)15)14-7-6-10(9-16)8-12(14)17/h2-8H,17H2,1H3. The molecule has 2 aromatic carbocycles. The van der Waals surface area contributed by atoms with Crippen LogP contribution in [0.15, 0.2) is 46.9 Å². The first-order valence-electron chi connectivity index (χ1n) is 5.41. The second-order valence-corrected chi connectivity index (χ2v) is 4.75. The molecule has 0 aliphatic heterocycles. The van der Waals surface area contributed by atoms with Gasteiger partial charge in [-0.2, -0.15) is 5.26 Å². The van der Waals surface area contributed by atoms with Gasteiger partial charge in [0.1, 0.15) is 0 Å². The van der Waals surface area contributed by atoms with Gasteiger partial charge in [-0.25, -0.2) is 0 Å². The van der Waals surface area contributed by atoms with Crippen molar-refractivity contribution in [1.29, 1.82) is 5.26 Å². The van der Waals surface area contributed by atoms with Crippen LogP contribution in [0.1, 0.15) is 5.56 Å². The molecule has 0 bridgehead atoms. The minimum Gasteiger partial charge on any atom is -0.397 e. The number of halogens is 1. The third-order valence-corrected chi connectivity index (χ3v) is 3.40. The van der Waals surface area contributed by atoms with Crippen LogP contribution in [0.3, 0.4) is 0 Å². The molecule has 0 radical (unpaired) electrons. The van der Waals surface area contributed by atoms with Crippen LogP contribution in [0.5, 0.6) is 0 Å². The molecule has 0 fully saturated rings. The first-order valence-corrected chi connectivity index (χ1v) is 6.20. The monoisotopic (exact) mass is 301 g/mol. The van der Waals surface area contributed by atoms with E-state index in [2.05, 4.69) is 22.0 Å². The zero-order valence-corrected chi connectivity index (χ0v) is 11.5. The first kappa shape index (κ1) is 12.5. The number of nitrogens with zero attached hydrogens (tertiary/aromatic N) is 2. The van der Waals surface area contributed by atoms with Crippen LogP contribution in [0.25, 0.3) is 0 Å². The quantitative estimate of drug-likeness (QED) is 0.861. The van der Waals surface area contributed by atoms with E-state index in [-0.39, 0.29) is 0 Å². The second-order valence-electron chi connectivity index (χ2n) is 3.90. The molecule has 0 aromatic heterocycles. The predicted molar refractivity (Wildman–Crippen MR) is 77.8 cm³/mol. The van der Waals surface area contributed by atoms with Crippen LogP contribution in [0.2, 0.25) is 0 Å². The molecule has 0 aliphatic carbocycles. The third-order valence-electron chi connectivity index (χ3n) is 2.73. The molecule has 0 atom stereocenters. The molecule has 3 nitrogen and oxygen atoms in total. The van der Waals surface area contributed by atoms with Gasteiger partial charge in [0.25, 0.3) is 0 Å². The van der Waals surface area contributed by atoms with Crippen molar-refractivity contribution in [2.24, 2.45) is 0 Å². The highest BCUT2D eigenvalue weighted by Gasteiger charge is 2.10. The van der Waals surface area contributed by atoms with Crippen LogP contribution in [0.4, 0.5) is 17.1 Å². The predicted octanol–water partition coefficient (Wildman–Crippen LogP) is 3.67. The van der Waals surface area contributed by atoms with Crippen molar-refractivity contribution in [3.05, 3.63) is 52.5 Å². The summed E-state index contributed by atoms with van der Waals surface area (Å²) in [4.78, 5) is 1.99. The third kappa shape index (κ3) is 2.31. The van der Waals surface area contributed by atoms with E-state index in [0.717, 1.165) is 15.8 Å². The van der Waals surface area contributed by atoms with Gasteiger partial charge in [-0.3, -0.25) is 0 Å². The zero-order valence-electron chi connectivity index (χ0n) is 9.89. The van der Waals surface area contributed by atoms with E-state index in [1.165, 1.54) is 0 Å². The molecule has 0 heterocycles. The number of benzene rings is 2. The zero-order chi connectivity index (χ0) is 13.1. The number of nitrogen functional groups attached to an aromatic ring is 1. The van der Waals surface area contributed by atoms with Crippen LogP contribution >= 0.6 is 15.9 Å². The van der Waals surface area contributed by atoms with E-state index < -0.39 is 0 Å². The summed E-state index contributed by atoms with van der Waals surface area (Å²) in [6, 6.07) is 15.3. The molecule has 4 heteroatoms. The maximum Gasteiger partial charge on any atom is 0.0992 e. The van der Waals surface area contributed by atoms with Crippen LogP contribution < -0.4 is 10.6 Å². The normalized spacial score (nSPS) is 9.83. The molecule has 0 saturated carbocycles. The minimum atomic E-state index is 0.566. The van der Waals surface area contributed by atoms with Gasteiger partial charge < -0.3 is 10.6 Å². The van der Waals surface area contributed by atoms with Gasteiger partial charge in [-0.05, 0) is 46.3 Å². The summed E-state index contributed by atoms with van der Waals surface area (Å²) in [6.45, 7) is 0. The van der Waals surface area contributed by atoms with Gasteiger partial charge in [0.2, 0.25) is 0 Å². The summed E-state index contributed by atoms with van der Waals surface area (Å²) in [5.41, 5.74) is 9.03. The Hall–Kier alpha value is -1.99. The highest BCUT2D eigenvalue weighted by molar-refractivity contribution is 9.10. The van der Waals surface area contributed by atoms with Crippen molar-refractivity contribution >= 4 is 33.0 Å². The highest BCUT2D eigenvalue weighted by atomic mass is 79.9. The minimum absolute atomic E-state index is 0.566. The van der Waals surface area contributed by atoms with E-state index >= 15 is 0 Å². The summed E-state index contributed by atoms with van der Waals surface area (Å²) in [7, 11) is 1.94. The molecule has 18 heavy (non-hydrogen) atoms. The van der Waals surface area contributed by atoms with Crippen LogP contribution in [0, 0.1) is 11.3 Å². The largest absolute Gasteiger partial charge is 0.397 e. The van der Waals surface area contributed by atoms with Crippen molar-refractivity contribution in [2.75, 3.05) is 17.7 Å². The fourth-order valence-corrected chi connectivity index (χ4v) is 2.33. The molecule has 2 aromatic rings. The number of nitriles is 1. The molecular formula is C14H12BrN3. The highest BCUT2D eigenvalue weighted by Crippen LogP contribution is 2.33. The maximum atomic E-state index is 8.83. The molecule has 90 valence electrons. The average Bonchev–Trinajstić information content (AvgIpc) is 2.38. The van der Waals surface area contributed by atoms with Gasteiger partial charge in [0, 0.05) is 11.5 Å². The number of nitrogens with two attached hydrogens (primary N) is 1. The fraction of sp³-hybridized carbons (Fsp3) is 0.0714. The Morgan fingerprint density at radius 2 is 1.89 bits per heavy atom. The lowest BCUT2D eigenvalue weighted by molar-refractivity contribution is 1.20. The maximum absolute atomic E-state index is 8.83. The Morgan fingerprint density at radius 1 is 1.17 bits per heavy atom. The van der Waals surface area contributed by atoms with Crippen molar-refractivity contribution in [1.82, 2.24) is 0 Å². The number of para-hydroxylation sites is 1. The van der Waals surface area contributed by atoms with E-state index in [0.29, 0.717) is 11.3 Å². The van der Waals surface area contributed by atoms with Gasteiger partial charge in [0.15, 0.2) is 0 Å². The Morgan fingerprint density at radius 3 is 2.50 bits per heavy atom. The molecule has 0 amide bonds. The lowest BCUT2D eigenvalue weighted by atomic mass is 10.1. The Labute approximate surface area is 115 Å². The second kappa shape index (κ2) is 5.11. The molecule has 2 rings (SSSR count). The van der Waals surface area contributed by atoms with E-state index in [9.17, 15) is 0 Å². The molecule has 0 unspecified atom stereocenters. The SMILES string of the molecule is CN(c1ccc(C#N)cc1N)c1ccccc1Br. The smallest absolute Gasteiger partial charge is 0.0992 e. The van der Waals surface area contributed by atoms with Crippen molar-refractivity contribution in [2.45, 2.75) is 0 Å². The lowest BCUT2D eigenvalue weighted by Gasteiger charge is -2.22. The van der Waals surface area contributed by atoms with Crippen molar-refractivity contribution < 1.29 is 0 Å². The summed E-state index contributed by atoms with van der Waals surface area (Å²) in [6.07, 6.45) is 0. The number of hydrogen-bond donors (Lipinski definition) is 1. The van der Waals surface area contributed by atoms with Crippen molar-refractivity contribution in [3.63, 3.8) is 0 Å². The molecular weight excluding hydrogens is 290 g/mol. The molecule has 0 aliphatic rings. The lowest BCUT2D eigenvalue weighted by Crippen LogP contribution is -2.12. The number of anilines is 3. The van der Waals surface area contributed by atoms with Gasteiger partial charge >= 0.3 is 0 Å². The molecule has 2 N–H and O–H groups in total.